The second kappa shape index (κ2) is 32.5. The zero-order valence-corrected chi connectivity index (χ0v) is 63.5. The fourth-order valence-corrected chi connectivity index (χ4v) is 17.7. The zero-order chi connectivity index (χ0) is 72.8. The molecule has 2 unspecified atom stereocenters. The third-order valence-electron chi connectivity index (χ3n) is 21.8. The molecule has 2 amide bonds. The number of halogens is 1. The van der Waals surface area contributed by atoms with Crippen molar-refractivity contribution < 1.29 is 42.1 Å². The Morgan fingerprint density at radius 3 is 1.38 bits per heavy atom. The highest BCUT2D eigenvalue weighted by atomic mass is 35.5. The standard InChI is InChI=1S/C29H35N3O3S.C25H27N3O2.C17H26N2OS.C11H10N2O3.ClH/c1-28(2,3)36(34)31-26-23-11-6-5-8-21(23)19-29(26)14-16-32(17-15-29)27(33)25-13-12-24(30-25)20-9-7-10-22(18-20)35-4;1-30-19-7-4-6-17(15-19)21-9-10-22(27-21)24(29)28-13-11-25(12-14-28)16-18-5-2-3-8-20(18)23(25)26;1-16(2,3)21(20)19-15-14-7-5-4-6-13(14)12-17(15)8-10-18-11-9-17;1-16-9-4-2-3-8(7-9)13-6-5-10(12-13)11(14)15;/h5-13,18,24,26,31H,14-17,19H2,1-4H3;2-10,15,21,23H,11-14,16,26H2,1H3;4-7,15,18-19H,8-12H2,1-3H3;2-7H,1H3,(H,14,15);1H/t24?,26-,36-;21?,23-;15-,21-;;/m111../s1. The van der Waals surface area contributed by atoms with Gasteiger partial charge in [0, 0.05) is 44.5 Å². The molecule has 7 atom stereocenters. The van der Waals surface area contributed by atoms with Gasteiger partial charge in [0.05, 0.1) is 82.6 Å². The number of likely N-dealkylation sites (tertiary alicyclic amines) is 2. The summed E-state index contributed by atoms with van der Waals surface area (Å²) in [6.07, 6.45) is 18.2. The second-order valence-electron chi connectivity index (χ2n) is 30.2. The van der Waals surface area contributed by atoms with Gasteiger partial charge in [0.1, 0.15) is 28.7 Å². The van der Waals surface area contributed by atoms with Crippen molar-refractivity contribution in [3.63, 3.8) is 0 Å². The highest BCUT2D eigenvalue weighted by Gasteiger charge is 2.51. The number of benzene rings is 6. The molecular formula is C82H99ClN10O9S2. The topological polar surface area (TPSA) is 244 Å². The first-order valence-corrected chi connectivity index (χ1v) is 38.1. The van der Waals surface area contributed by atoms with Crippen molar-refractivity contribution in [1.29, 1.82) is 0 Å². The van der Waals surface area contributed by atoms with Crippen molar-refractivity contribution in [2.45, 2.75) is 139 Å². The van der Waals surface area contributed by atoms with Crippen LogP contribution in [0.3, 0.4) is 0 Å². The SMILES string of the molecule is CC(C)(C)[S@@](=O)N[C@@H]1c2ccccc2CC12CCNCC2.COc1cccc(-n2ccc(C(=O)O)n2)c1.COc1cccc(C2C=CC(C(=O)N3CCC4(CC3)Cc3ccccc3[C@H]4N)=N2)c1.COc1cccc(C2C=CC(C(=O)N3CCC4(CC3)Cc3ccccc3[C@H]4N[S@](=O)C(C)(C)C)=N2)c1.Cl. The molecule has 3 spiro atoms. The molecule has 6 N–H and O–H groups in total. The predicted molar refractivity (Wildman–Crippen MR) is 415 cm³/mol. The Morgan fingerprint density at radius 1 is 0.538 bits per heavy atom. The molecule has 3 fully saturated rings. The van der Waals surface area contributed by atoms with E-state index in [1.165, 1.54) is 44.1 Å². The van der Waals surface area contributed by atoms with Gasteiger partial charge in [0.2, 0.25) is 0 Å². The third kappa shape index (κ3) is 16.8. The summed E-state index contributed by atoms with van der Waals surface area (Å²) in [6.45, 7) is 17.0. The summed E-state index contributed by atoms with van der Waals surface area (Å²) in [6, 6.07) is 50.0. The highest BCUT2D eigenvalue weighted by molar-refractivity contribution is 7.84. The molecule has 7 aromatic rings. The van der Waals surface area contributed by atoms with Gasteiger partial charge in [0.25, 0.3) is 11.8 Å². The number of methoxy groups -OCH3 is 3. The van der Waals surface area contributed by atoms with Gasteiger partial charge in [-0.15, -0.1) is 12.4 Å². The van der Waals surface area contributed by atoms with Crippen LogP contribution in [0, 0.1) is 16.2 Å². The summed E-state index contributed by atoms with van der Waals surface area (Å²) in [7, 11) is 2.67. The Hall–Kier alpha value is -8.41. The predicted octanol–water partition coefficient (Wildman–Crippen LogP) is 13.0. The maximum atomic E-state index is 13.4. The highest BCUT2D eigenvalue weighted by Crippen LogP contribution is 2.54. The molecule has 0 radical (unpaired) electrons. The van der Waals surface area contributed by atoms with Crippen LogP contribution in [-0.2, 0) is 50.8 Å². The molecule has 6 heterocycles. The first-order chi connectivity index (χ1) is 49.4. The first kappa shape index (κ1) is 76.7. The molecule has 104 heavy (non-hydrogen) atoms. The number of aromatic nitrogens is 2. The number of rotatable bonds is 13. The van der Waals surface area contributed by atoms with E-state index in [-0.39, 0.29) is 85.9 Å². The fraction of sp³-hybridized carbons (Fsp3) is 0.415. The molecule has 3 saturated heterocycles. The van der Waals surface area contributed by atoms with E-state index in [2.05, 4.69) is 97.6 Å². The average molecular weight is 1470 g/mol. The number of fused-ring (bicyclic) bond motifs is 3. The Labute approximate surface area is 623 Å². The van der Waals surface area contributed by atoms with Gasteiger partial charge in [-0.2, -0.15) is 5.10 Å². The molecule has 19 nitrogen and oxygen atoms in total. The number of ether oxygens (including phenoxy) is 3. The Morgan fingerprint density at radius 2 is 0.942 bits per heavy atom. The van der Waals surface area contributed by atoms with Crippen LogP contribution in [0.2, 0.25) is 0 Å². The summed E-state index contributed by atoms with van der Waals surface area (Å²) in [4.78, 5) is 50.4. The van der Waals surface area contributed by atoms with E-state index in [4.69, 9.17) is 30.0 Å². The van der Waals surface area contributed by atoms with Gasteiger partial charge in [-0.3, -0.25) is 19.6 Å². The van der Waals surface area contributed by atoms with Crippen LogP contribution in [-0.4, -0.2) is 132 Å². The van der Waals surface area contributed by atoms with E-state index >= 15 is 0 Å². The molecular weight excluding hydrogens is 1370 g/mol. The number of hydrogen-bond acceptors (Lipinski definition) is 13. The number of carboxylic acids is 1. The molecule has 0 saturated carbocycles. The number of carbonyl (C=O) groups excluding carboxylic acids is 2. The molecule has 1 aromatic heterocycles. The number of nitrogens with zero attached hydrogens (tertiary/aromatic N) is 6. The smallest absolute Gasteiger partial charge is 0.356 e. The summed E-state index contributed by atoms with van der Waals surface area (Å²) in [5.74, 6) is 1.25. The normalized spacial score (nSPS) is 21.8. The molecule has 6 aromatic carbocycles. The van der Waals surface area contributed by atoms with Crippen LogP contribution in [0.15, 0.2) is 192 Å². The monoisotopic (exact) mass is 1470 g/mol. The van der Waals surface area contributed by atoms with E-state index in [1.807, 2.05) is 142 Å². The van der Waals surface area contributed by atoms with Gasteiger partial charge in [-0.05, 0) is 228 Å². The second-order valence-corrected chi connectivity index (χ2v) is 34.2. The summed E-state index contributed by atoms with van der Waals surface area (Å²) >= 11 is 0. The number of amides is 2. The van der Waals surface area contributed by atoms with Crippen LogP contribution in [0.5, 0.6) is 17.2 Å². The number of carboxylic acid groups (broad SMARTS) is 1. The largest absolute Gasteiger partial charge is 0.497 e. The quantitative estimate of drug-likeness (QED) is 0.0724. The molecule has 15 rings (SSSR count). The lowest BCUT2D eigenvalue weighted by Crippen LogP contribution is -2.50. The maximum Gasteiger partial charge on any atom is 0.356 e. The Balaban J connectivity index is 0.000000144. The number of hydrogen-bond donors (Lipinski definition) is 5. The first-order valence-electron chi connectivity index (χ1n) is 35.8. The van der Waals surface area contributed by atoms with Crippen molar-refractivity contribution in [2.75, 3.05) is 60.6 Å². The number of nitrogens with one attached hydrogen (secondary N) is 3. The molecule has 550 valence electrons. The van der Waals surface area contributed by atoms with Crippen molar-refractivity contribution in [3.8, 4) is 22.9 Å². The van der Waals surface area contributed by atoms with Crippen LogP contribution in [0.25, 0.3) is 5.69 Å². The van der Waals surface area contributed by atoms with Gasteiger partial charge in [-0.1, -0.05) is 115 Å². The lowest BCUT2D eigenvalue weighted by Gasteiger charge is -2.44. The van der Waals surface area contributed by atoms with Crippen LogP contribution >= 0.6 is 12.4 Å². The lowest BCUT2D eigenvalue weighted by molar-refractivity contribution is -0.127. The zero-order valence-electron chi connectivity index (χ0n) is 61.0. The molecule has 22 heteroatoms. The molecule has 0 bridgehead atoms. The number of carbonyl (C=O) groups is 3. The van der Waals surface area contributed by atoms with E-state index in [1.54, 1.807) is 33.6 Å². The van der Waals surface area contributed by atoms with Crippen molar-refractivity contribution >= 4 is 63.6 Å². The number of aromatic carboxylic acids is 1. The van der Waals surface area contributed by atoms with Crippen LogP contribution in [0.4, 0.5) is 0 Å². The minimum atomic E-state index is -1.17. The number of nitrogens with two attached hydrogens (primary N) is 1. The van der Waals surface area contributed by atoms with Gasteiger partial charge in [0.15, 0.2) is 5.69 Å². The number of aliphatic imine (C=N–C) groups is 2. The Bertz CT molecular complexity index is 4420. The van der Waals surface area contributed by atoms with Gasteiger partial charge < -0.3 is 40.2 Å². The minimum absolute atomic E-state index is 0. The van der Waals surface area contributed by atoms with E-state index in [0.29, 0.717) is 30.3 Å². The van der Waals surface area contributed by atoms with E-state index in [0.717, 1.165) is 112 Å². The maximum absolute atomic E-state index is 13.4. The van der Waals surface area contributed by atoms with E-state index < -0.39 is 27.9 Å². The summed E-state index contributed by atoms with van der Waals surface area (Å²) in [5, 5.41) is 16.1. The molecule has 3 aliphatic carbocycles. The minimum Gasteiger partial charge on any atom is -0.497 e. The van der Waals surface area contributed by atoms with Crippen LogP contribution < -0.4 is 34.7 Å². The summed E-state index contributed by atoms with van der Waals surface area (Å²) in [5.41, 5.74) is 18.8. The Kier molecular flexibility index (Phi) is 24.0. The van der Waals surface area contributed by atoms with Crippen molar-refractivity contribution in [1.82, 2.24) is 34.3 Å². The van der Waals surface area contributed by atoms with E-state index in [9.17, 15) is 22.8 Å². The van der Waals surface area contributed by atoms with Crippen molar-refractivity contribution in [2.24, 2.45) is 32.0 Å². The van der Waals surface area contributed by atoms with Gasteiger partial charge in [-0.25, -0.2) is 27.3 Å². The van der Waals surface area contributed by atoms with Crippen molar-refractivity contribution in [3.05, 3.63) is 232 Å². The fourth-order valence-electron chi connectivity index (χ4n) is 15.8. The summed E-state index contributed by atoms with van der Waals surface area (Å²) < 4.78 is 49.3. The average Bonchev–Trinajstić information content (AvgIpc) is 1.61. The molecule has 5 aliphatic heterocycles. The van der Waals surface area contributed by atoms with Gasteiger partial charge >= 0.3 is 5.97 Å². The lowest BCUT2D eigenvalue weighted by atomic mass is 9.73. The third-order valence-corrected chi connectivity index (χ3v) is 24.9. The van der Waals surface area contributed by atoms with Crippen LogP contribution in [0.1, 0.15) is 165 Å². The number of piperidine rings is 3. The molecule has 8 aliphatic rings.